The van der Waals surface area contributed by atoms with E-state index in [0.29, 0.717) is 23.9 Å². The molecule has 0 spiro atoms. The van der Waals surface area contributed by atoms with Crippen LogP contribution in [-0.2, 0) is 27.9 Å². The van der Waals surface area contributed by atoms with Crippen LogP contribution in [0.3, 0.4) is 0 Å². The fourth-order valence-corrected chi connectivity index (χ4v) is 11.4. The lowest BCUT2D eigenvalue weighted by atomic mass is 10.0. The van der Waals surface area contributed by atoms with Gasteiger partial charge in [-0.1, -0.05) is 306 Å². The summed E-state index contributed by atoms with van der Waals surface area (Å²) in [5, 5.41) is 3.07. The molecule has 0 fully saturated rings. The number of amides is 1. The summed E-state index contributed by atoms with van der Waals surface area (Å²) in [5.74, 6) is -0.501. The predicted molar refractivity (Wildman–Crippen MR) is 374 cm³/mol. The average Bonchev–Trinajstić information content (AvgIpc) is 3.69. The molecule has 0 aromatic carbocycles. The van der Waals surface area contributed by atoms with Crippen molar-refractivity contribution < 1.29 is 37.3 Å². The molecule has 0 bridgehead atoms. The highest BCUT2D eigenvalue weighted by atomic mass is 31.2. The number of hydrogen-bond acceptors (Lipinski definition) is 6. The van der Waals surface area contributed by atoms with Crippen LogP contribution in [0, 0.1) is 0 Å². The zero-order chi connectivity index (χ0) is 62.8. The molecular weight excluding hydrogens is 1080 g/mol. The van der Waals surface area contributed by atoms with Crippen LogP contribution in [0.25, 0.3) is 0 Å². The van der Waals surface area contributed by atoms with Crippen LogP contribution in [0.15, 0.2) is 72.9 Å². The van der Waals surface area contributed by atoms with Crippen molar-refractivity contribution in [2.24, 2.45) is 0 Å². The van der Waals surface area contributed by atoms with Crippen LogP contribution in [0.1, 0.15) is 348 Å². The van der Waals surface area contributed by atoms with E-state index in [2.05, 4.69) is 86.8 Å². The number of carbonyl (C=O) groups excluding carboxylic acids is 2. The summed E-state index contributed by atoms with van der Waals surface area (Å²) in [6.45, 7) is 7.02. The molecule has 2 N–H and O–H groups in total. The number of hydrogen-bond donors (Lipinski definition) is 2. The Bertz CT molecular complexity index is 1700. The zero-order valence-corrected chi connectivity index (χ0v) is 58.5. The number of esters is 1. The fraction of sp³-hybridized carbons (Fsp3) is 0.816. The van der Waals surface area contributed by atoms with E-state index in [4.69, 9.17) is 13.8 Å². The zero-order valence-electron chi connectivity index (χ0n) is 57.6. The third kappa shape index (κ3) is 65.9. The first-order valence-corrected chi connectivity index (χ1v) is 38.3. The van der Waals surface area contributed by atoms with E-state index < -0.39 is 20.0 Å². The second kappa shape index (κ2) is 65.4. The first-order chi connectivity index (χ1) is 41.9. The lowest BCUT2D eigenvalue weighted by Crippen LogP contribution is -2.47. The van der Waals surface area contributed by atoms with Gasteiger partial charge in [0.1, 0.15) is 19.3 Å². The van der Waals surface area contributed by atoms with Crippen molar-refractivity contribution >= 4 is 19.7 Å². The summed E-state index contributed by atoms with van der Waals surface area (Å²) in [6, 6.07) is -0.855. The smallest absolute Gasteiger partial charge is 0.456 e. The van der Waals surface area contributed by atoms with Gasteiger partial charge in [0.25, 0.3) is 0 Å². The third-order valence-electron chi connectivity index (χ3n) is 16.4. The Labute approximate surface area is 533 Å². The molecule has 0 aliphatic carbocycles. The van der Waals surface area contributed by atoms with Gasteiger partial charge in [0.15, 0.2) is 0 Å². The average molecular weight is 1230 g/mol. The maximum Gasteiger partial charge on any atom is 0.472 e. The molecule has 3 atom stereocenters. The van der Waals surface area contributed by atoms with Crippen molar-refractivity contribution in [3.8, 4) is 0 Å². The summed E-state index contributed by atoms with van der Waals surface area (Å²) in [5.41, 5.74) is 0. The maximum atomic E-state index is 13.6. The van der Waals surface area contributed by atoms with Crippen LogP contribution in [0.4, 0.5) is 0 Å². The number of nitrogens with zero attached hydrogens (tertiary/aromatic N) is 1. The lowest BCUT2D eigenvalue weighted by Gasteiger charge is -2.27. The Morgan fingerprint density at radius 1 is 0.407 bits per heavy atom. The van der Waals surface area contributed by atoms with Gasteiger partial charge in [0.2, 0.25) is 5.91 Å². The second-order valence-corrected chi connectivity index (χ2v) is 27.6. The van der Waals surface area contributed by atoms with Gasteiger partial charge in [-0.25, -0.2) is 4.57 Å². The van der Waals surface area contributed by atoms with E-state index in [9.17, 15) is 19.0 Å². The van der Waals surface area contributed by atoms with Gasteiger partial charge in [-0.05, 0) is 102 Å². The number of allylic oxidation sites excluding steroid dienone is 11. The molecular formula is C76H142N2O7P+. The minimum atomic E-state index is -4.46. The van der Waals surface area contributed by atoms with Gasteiger partial charge >= 0.3 is 13.8 Å². The van der Waals surface area contributed by atoms with Crippen LogP contribution < -0.4 is 5.32 Å². The number of likely N-dealkylation sites (N-methyl/N-ethyl adjacent to an activating group) is 1. The topological polar surface area (TPSA) is 111 Å². The Morgan fingerprint density at radius 3 is 1.09 bits per heavy atom. The molecule has 9 nitrogen and oxygen atoms in total. The molecule has 86 heavy (non-hydrogen) atoms. The van der Waals surface area contributed by atoms with Crippen LogP contribution in [-0.4, -0.2) is 74.3 Å². The first kappa shape index (κ1) is 83.5. The molecule has 0 saturated carbocycles. The van der Waals surface area contributed by atoms with Gasteiger partial charge in [-0.3, -0.25) is 18.6 Å². The van der Waals surface area contributed by atoms with Crippen molar-refractivity contribution in [1.29, 1.82) is 0 Å². The number of phosphoric acid groups is 1. The second-order valence-electron chi connectivity index (χ2n) is 26.1. The van der Waals surface area contributed by atoms with Crippen molar-refractivity contribution in [3.05, 3.63) is 72.9 Å². The van der Waals surface area contributed by atoms with Gasteiger partial charge in [-0.2, -0.15) is 0 Å². The lowest BCUT2D eigenvalue weighted by molar-refractivity contribution is -0.870. The van der Waals surface area contributed by atoms with E-state index in [1.165, 1.54) is 225 Å². The number of ether oxygens (including phenoxy) is 1. The summed E-state index contributed by atoms with van der Waals surface area (Å²) in [6.07, 6.45) is 86.3. The van der Waals surface area contributed by atoms with E-state index >= 15 is 0 Å². The van der Waals surface area contributed by atoms with E-state index in [1.807, 2.05) is 33.3 Å². The molecule has 0 rings (SSSR count). The monoisotopic (exact) mass is 1230 g/mol. The van der Waals surface area contributed by atoms with E-state index in [0.717, 1.165) is 89.9 Å². The number of carbonyl (C=O) groups is 2. The summed E-state index contributed by atoms with van der Waals surface area (Å²) in [7, 11) is 1.50. The molecule has 502 valence electrons. The molecule has 0 aliphatic heterocycles. The van der Waals surface area contributed by atoms with Gasteiger partial charge in [0.05, 0.1) is 33.8 Å². The highest BCUT2D eigenvalue weighted by Crippen LogP contribution is 2.43. The number of unbranched alkanes of at least 4 members (excludes halogenated alkanes) is 41. The maximum absolute atomic E-state index is 13.6. The van der Waals surface area contributed by atoms with Gasteiger partial charge in [-0.15, -0.1) is 0 Å². The highest BCUT2D eigenvalue weighted by Gasteiger charge is 2.30. The van der Waals surface area contributed by atoms with Gasteiger partial charge in [0, 0.05) is 12.8 Å². The first-order valence-electron chi connectivity index (χ1n) is 36.8. The molecule has 0 radical (unpaired) electrons. The number of rotatable bonds is 67. The number of quaternary nitrogens is 1. The van der Waals surface area contributed by atoms with Crippen LogP contribution in [0.2, 0.25) is 0 Å². The van der Waals surface area contributed by atoms with Gasteiger partial charge < -0.3 is 19.4 Å². The Kier molecular flexibility index (Phi) is 63.5. The quantitative estimate of drug-likeness (QED) is 0.0205. The summed E-state index contributed by atoms with van der Waals surface area (Å²) in [4.78, 5) is 37.9. The Morgan fingerprint density at radius 2 is 0.709 bits per heavy atom. The molecule has 1 amide bonds. The Hall–Kier alpha value is -2.55. The largest absolute Gasteiger partial charge is 0.472 e. The molecule has 0 aromatic heterocycles. The summed E-state index contributed by atoms with van der Waals surface area (Å²) >= 11 is 0. The Balaban J connectivity index is 5.05. The highest BCUT2D eigenvalue weighted by molar-refractivity contribution is 7.47. The summed E-state index contributed by atoms with van der Waals surface area (Å²) < 4.78 is 30.9. The minimum Gasteiger partial charge on any atom is -0.456 e. The standard InChI is InChI=1S/C76H141N2O7P/c1-7-10-13-16-19-22-25-28-30-32-34-36-38-39-41-42-44-46-48-50-53-56-59-62-65-68-75(79)77-73(72-84-86(81,82)83-71-70-78(4,5)6)74(67-64-61-58-55-52-27-24-21-18-15-12-9-3)85-76(80)69-66-63-60-57-54-51-49-47-45-43-40-37-35-33-31-29-26-23-20-17-14-11-8-2/h19,22,28-31,34,36,39,41,64,67,73-74H,7-18,20-21,23-27,32-33,35,37-38,40,42-63,65-66,68-72H2,1-6H3,(H-,77,79,81,82)/p+1/b22-19-,30-28-,31-29+,36-34-,41-39-,67-64+. The third-order valence-corrected chi connectivity index (χ3v) is 17.4. The minimum absolute atomic E-state index is 0.0379. The van der Waals surface area contributed by atoms with Crippen molar-refractivity contribution in [1.82, 2.24) is 5.32 Å². The van der Waals surface area contributed by atoms with Crippen LogP contribution >= 0.6 is 7.82 Å². The number of nitrogens with one attached hydrogen (secondary N) is 1. The molecule has 0 heterocycles. The fourth-order valence-electron chi connectivity index (χ4n) is 10.7. The van der Waals surface area contributed by atoms with E-state index in [-0.39, 0.29) is 25.1 Å². The predicted octanol–water partition coefficient (Wildman–Crippen LogP) is 23.5. The van der Waals surface area contributed by atoms with E-state index in [1.54, 1.807) is 0 Å². The molecule has 0 aliphatic rings. The SMILES string of the molecule is CCCCC/C=C\C/C=C\C/C=C\C/C=C\CCCCCCCCCCCC(=O)NC(COP(=O)(O)OCC[N+](C)(C)C)C(/C=C/CCCCCCCCCCCC)OC(=O)CCCCCCCCCCCCCCC/C=C/CCCCCCCC. The number of phosphoric ester groups is 1. The normalized spacial score (nSPS) is 13.9. The van der Waals surface area contributed by atoms with Crippen molar-refractivity contribution in [3.63, 3.8) is 0 Å². The van der Waals surface area contributed by atoms with Crippen LogP contribution in [0.5, 0.6) is 0 Å². The molecule has 0 saturated heterocycles. The molecule has 10 heteroatoms. The molecule has 3 unspecified atom stereocenters. The molecule has 0 aromatic rings. The van der Waals surface area contributed by atoms with Crippen molar-refractivity contribution in [2.75, 3.05) is 40.9 Å². The van der Waals surface area contributed by atoms with Crippen molar-refractivity contribution in [2.45, 2.75) is 360 Å².